The van der Waals surface area contributed by atoms with Gasteiger partial charge in [0, 0.05) is 42.3 Å². The van der Waals surface area contributed by atoms with Crippen LogP contribution in [0.3, 0.4) is 0 Å². The summed E-state index contributed by atoms with van der Waals surface area (Å²) < 4.78 is 2.64. The van der Waals surface area contributed by atoms with E-state index < -0.39 is 5.41 Å². The van der Waals surface area contributed by atoms with E-state index in [1.807, 2.05) is 11.3 Å². The summed E-state index contributed by atoms with van der Waals surface area (Å²) in [6.45, 7) is 2.26. The molecule has 0 radical (unpaired) electrons. The molecule has 1 aliphatic rings. The molecule has 1 aromatic heterocycles. The van der Waals surface area contributed by atoms with E-state index in [-0.39, 0.29) is 0 Å². The minimum Gasteiger partial charge on any atom is -0.310 e. The summed E-state index contributed by atoms with van der Waals surface area (Å²) in [4.78, 5) is 2.49. The van der Waals surface area contributed by atoms with Crippen molar-refractivity contribution in [3.05, 3.63) is 234 Å². The minimum absolute atomic E-state index is 0.507. The Hall–Kier alpha value is -6.74. The summed E-state index contributed by atoms with van der Waals surface area (Å²) in [5.74, 6) is 0. The zero-order valence-corrected chi connectivity index (χ0v) is 31.8. The Bertz CT molecular complexity index is 3050. The van der Waals surface area contributed by atoms with Crippen LogP contribution in [0, 0.1) is 6.92 Å². The molecule has 2 heteroatoms. The van der Waals surface area contributed by atoms with Crippen molar-refractivity contribution in [2.45, 2.75) is 12.3 Å². The number of anilines is 3. The Morgan fingerprint density at radius 2 is 1.00 bits per heavy atom. The first kappa shape index (κ1) is 32.7. The van der Waals surface area contributed by atoms with Crippen molar-refractivity contribution in [3.8, 4) is 22.3 Å². The third-order valence-corrected chi connectivity index (χ3v) is 13.1. The Labute approximate surface area is 331 Å². The molecule has 0 atom stereocenters. The van der Waals surface area contributed by atoms with Crippen LogP contribution in [-0.2, 0) is 5.41 Å². The van der Waals surface area contributed by atoms with Gasteiger partial charge in [-0.1, -0.05) is 170 Å². The molecule has 0 amide bonds. The summed E-state index contributed by atoms with van der Waals surface area (Å²) >= 11 is 1.89. The van der Waals surface area contributed by atoms with E-state index in [9.17, 15) is 0 Å². The molecule has 0 fully saturated rings. The van der Waals surface area contributed by atoms with Gasteiger partial charge in [-0.05, 0) is 93.4 Å². The number of hydrogen-bond donors (Lipinski definition) is 0. The predicted molar refractivity (Wildman–Crippen MR) is 239 cm³/mol. The van der Waals surface area contributed by atoms with Gasteiger partial charge >= 0.3 is 0 Å². The van der Waals surface area contributed by atoms with Crippen LogP contribution in [0.2, 0.25) is 0 Å². The summed E-state index contributed by atoms with van der Waals surface area (Å²) in [6.07, 6.45) is 0. The molecule has 1 heterocycles. The van der Waals surface area contributed by atoms with Crippen molar-refractivity contribution in [2.75, 3.05) is 4.90 Å². The van der Waals surface area contributed by atoms with Crippen molar-refractivity contribution < 1.29 is 0 Å². The van der Waals surface area contributed by atoms with Crippen molar-refractivity contribution in [2.24, 2.45) is 0 Å². The maximum Gasteiger partial charge on any atom is 0.0716 e. The van der Waals surface area contributed by atoms with Crippen molar-refractivity contribution in [3.63, 3.8) is 0 Å². The lowest BCUT2D eigenvalue weighted by molar-refractivity contribution is 0.761. The maximum absolute atomic E-state index is 2.49. The van der Waals surface area contributed by atoms with Gasteiger partial charge in [0.05, 0.1) is 11.1 Å². The number of hydrogen-bond acceptors (Lipinski definition) is 2. The first-order chi connectivity index (χ1) is 27.7. The lowest BCUT2D eigenvalue weighted by atomic mass is 9.66. The molecule has 9 aromatic carbocycles. The summed E-state index contributed by atoms with van der Waals surface area (Å²) in [6, 6.07) is 76.3. The molecule has 0 saturated heterocycles. The van der Waals surface area contributed by atoms with Crippen LogP contribution in [0.15, 0.2) is 206 Å². The topological polar surface area (TPSA) is 3.24 Å². The van der Waals surface area contributed by atoms with Crippen molar-refractivity contribution in [1.82, 2.24) is 0 Å². The van der Waals surface area contributed by atoms with Gasteiger partial charge in [0.15, 0.2) is 0 Å². The molecule has 11 rings (SSSR count). The van der Waals surface area contributed by atoms with E-state index in [4.69, 9.17) is 0 Å². The van der Waals surface area contributed by atoms with Gasteiger partial charge in [0.2, 0.25) is 0 Å². The Balaban J connectivity index is 1.21. The van der Waals surface area contributed by atoms with Gasteiger partial charge < -0.3 is 4.90 Å². The van der Waals surface area contributed by atoms with Crippen molar-refractivity contribution >= 4 is 59.3 Å². The van der Waals surface area contributed by atoms with Crippen LogP contribution in [0.4, 0.5) is 17.1 Å². The minimum atomic E-state index is -0.507. The number of thiophene rings is 1. The molecular weight excluding hydrogens is 695 g/mol. The number of benzene rings is 9. The molecule has 0 unspecified atom stereocenters. The molecule has 264 valence electrons. The second-order valence-electron chi connectivity index (χ2n) is 14.9. The lowest BCUT2D eigenvalue weighted by Gasteiger charge is -2.36. The van der Waals surface area contributed by atoms with E-state index in [0.717, 1.165) is 11.4 Å². The fourth-order valence-corrected chi connectivity index (χ4v) is 10.7. The van der Waals surface area contributed by atoms with E-state index in [1.165, 1.54) is 86.7 Å². The highest BCUT2D eigenvalue weighted by Crippen LogP contribution is 2.57. The second-order valence-corrected chi connectivity index (χ2v) is 15.9. The van der Waals surface area contributed by atoms with E-state index in [0.29, 0.717) is 0 Å². The smallest absolute Gasteiger partial charge is 0.0716 e. The van der Waals surface area contributed by atoms with Crippen LogP contribution in [-0.4, -0.2) is 0 Å². The number of nitrogens with zero attached hydrogens (tertiary/aromatic N) is 1. The first-order valence-corrected chi connectivity index (χ1v) is 20.2. The van der Waals surface area contributed by atoms with Crippen LogP contribution < -0.4 is 4.90 Å². The molecule has 0 saturated carbocycles. The van der Waals surface area contributed by atoms with Gasteiger partial charge in [-0.3, -0.25) is 0 Å². The summed E-state index contributed by atoms with van der Waals surface area (Å²) in [5.41, 5.74) is 14.4. The molecule has 10 aromatic rings. The molecule has 1 nitrogen and oxygen atoms in total. The van der Waals surface area contributed by atoms with E-state index in [1.54, 1.807) is 0 Å². The third-order valence-electron chi connectivity index (χ3n) is 11.9. The van der Waals surface area contributed by atoms with Gasteiger partial charge in [0.25, 0.3) is 0 Å². The number of rotatable bonds is 6. The highest BCUT2D eigenvalue weighted by atomic mass is 32.1. The molecule has 0 N–H and O–H groups in total. The quantitative estimate of drug-likeness (QED) is 0.165. The Morgan fingerprint density at radius 1 is 0.411 bits per heavy atom. The summed E-state index contributed by atoms with van der Waals surface area (Å²) in [7, 11) is 0. The molecule has 1 aliphatic carbocycles. The molecule has 0 aliphatic heterocycles. The largest absolute Gasteiger partial charge is 0.310 e. The van der Waals surface area contributed by atoms with Gasteiger partial charge in [0.1, 0.15) is 0 Å². The van der Waals surface area contributed by atoms with Gasteiger partial charge in [-0.2, -0.15) is 0 Å². The molecular formula is C54H37NS. The Kier molecular flexibility index (Phi) is 7.55. The normalized spacial score (nSPS) is 12.9. The van der Waals surface area contributed by atoms with Crippen LogP contribution >= 0.6 is 11.3 Å². The highest BCUT2D eigenvalue weighted by molar-refractivity contribution is 7.26. The van der Waals surface area contributed by atoms with E-state index in [2.05, 4.69) is 218 Å². The maximum atomic E-state index is 2.49. The number of aryl methyl sites for hydroxylation is 1. The zero-order chi connectivity index (χ0) is 37.2. The highest BCUT2D eigenvalue weighted by Gasteiger charge is 2.46. The molecule has 0 spiro atoms. The van der Waals surface area contributed by atoms with Crippen molar-refractivity contribution in [1.29, 1.82) is 0 Å². The van der Waals surface area contributed by atoms with E-state index >= 15 is 0 Å². The first-order valence-electron chi connectivity index (χ1n) is 19.3. The lowest BCUT2D eigenvalue weighted by Crippen LogP contribution is -2.29. The Morgan fingerprint density at radius 3 is 1.73 bits per heavy atom. The van der Waals surface area contributed by atoms with Gasteiger partial charge in [-0.25, -0.2) is 0 Å². The molecule has 0 bridgehead atoms. The SMILES string of the molecule is Cc1ccccc1C1(c2cccc(N(c3ccc(-c4ccccc4)cc3)c3cc4c5ccccc5sc4c4ccccc34)c2)c2ccccc2-c2ccccc21. The van der Waals surface area contributed by atoms with Crippen LogP contribution in [0.5, 0.6) is 0 Å². The van der Waals surface area contributed by atoms with Crippen LogP contribution in [0.1, 0.15) is 27.8 Å². The average Bonchev–Trinajstić information content (AvgIpc) is 3.79. The number of fused-ring (bicyclic) bond motifs is 8. The third kappa shape index (κ3) is 4.86. The zero-order valence-electron chi connectivity index (χ0n) is 31.0. The van der Waals surface area contributed by atoms with Crippen LogP contribution in [0.25, 0.3) is 53.2 Å². The standard InChI is InChI=1S/C54H37NS/c1-36-16-5-11-26-48(36)54(49-27-12-8-21-42(49)43-22-9-13-28-50(43)54)39-19-15-20-41(34-39)55(40-32-30-38(31-33-40)37-17-3-2-4-18-37)51-35-47-45-24-10-14-29-52(45)56-53(47)46-25-7-6-23-44(46)51/h2-35H,1H3. The second kappa shape index (κ2) is 12.9. The predicted octanol–water partition coefficient (Wildman–Crippen LogP) is 15.0. The fourth-order valence-electron chi connectivity index (χ4n) is 9.44. The average molecular weight is 732 g/mol. The molecule has 56 heavy (non-hydrogen) atoms. The summed E-state index contributed by atoms with van der Waals surface area (Å²) in [5, 5.41) is 5.09. The fraction of sp³-hybridized carbons (Fsp3) is 0.0370. The monoisotopic (exact) mass is 731 g/mol. The van der Waals surface area contributed by atoms with Gasteiger partial charge in [-0.15, -0.1) is 11.3 Å².